The largest absolute Gasteiger partial charge is 0.463 e. The van der Waals surface area contributed by atoms with Crippen LogP contribution in [0.25, 0.3) is 11.3 Å². The van der Waals surface area contributed by atoms with Gasteiger partial charge in [-0.15, -0.1) is 0 Å². The Labute approximate surface area is 204 Å². The van der Waals surface area contributed by atoms with E-state index in [0.717, 1.165) is 5.56 Å². The summed E-state index contributed by atoms with van der Waals surface area (Å²) in [7, 11) is 0. The lowest BCUT2D eigenvalue weighted by Gasteiger charge is -2.39. The van der Waals surface area contributed by atoms with Crippen molar-refractivity contribution in [2.45, 2.75) is 84.5 Å². The lowest BCUT2D eigenvalue weighted by molar-refractivity contribution is -0.152. The Morgan fingerprint density at radius 1 is 1.14 bits per heavy atom. The number of carbonyl (C=O) groups excluding carboxylic acids is 4. The van der Waals surface area contributed by atoms with Gasteiger partial charge in [0.05, 0.1) is 11.8 Å². The minimum atomic E-state index is -0.973. The van der Waals surface area contributed by atoms with E-state index in [1.807, 2.05) is 6.07 Å². The first-order chi connectivity index (χ1) is 16.2. The van der Waals surface area contributed by atoms with E-state index in [1.54, 1.807) is 33.8 Å². The van der Waals surface area contributed by atoms with Crippen LogP contribution in [0.5, 0.6) is 0 Å². The first-order valence-electron chi connectivity index (χ1n) is 11.8. The van der Waals surface area contributed by atoms with Gasteiger partial charge in [-0.05, 0) is 64.0 Å². The predicted molar refractivity (Wildman–Crippen MR) is 127 cm³/mol. The minimum Gasteiger partial charge on any atom is -0.463 e. The van der Waals surface area contributed by atoms with Crippen molar-refractivity contribution in [1.82, 2.24) is 5.32 Å². The number of hydrogen-bond acceptors (Lipinski definition) is 7. The first kappa shape index (κ1) is 24.7. The van der Waals surface area contributed by atoms with E-state index in [4.69, 9.17) is 13.9 Å². The fourth-order valence-corrected chi connectivity index (χ4v) is 4.80. The molecule has 0 bridgehead atoms. The van der Waals surface area contributed by atoms with Crippen molar-refractivity contribution in [1.29, 1.82) is 0 Å². The highest BCUT2D eigenvalue weighted by Crippen LogP contribution is 2.49. The summed E-state index contributed by atoms with van der Waals surface area (Å²) in [4.78, 5) is 51.4. The van der Waals surface area contributed by atoms with Gasteiger partial charge in [-0.1, -0.05) is 26.0 Å². The number of carbonyl (C=O) groups is 4. The SMILES string of the molecule is Cc1coc2c1C(=O)C(=O)c1c-2ccc2c1C(OC(=O)[C@H](C)NC(=O)OC(C)(C)C)CCC2(C)C. The zero-order chi connectivity index (χ0) is 25.9. The average Bonchev–Trinajstić information content (AvgIpc) is 3.13. The van der Waals surface area contributed by atoms with E-state index in [-0.39, 0.29) is 16.5 Å². The van der Waals surface area contributed by atoms with Gasteiger partial charge in [0.1, 0.15) is 23.5 Å². The summed E-state index contributed by atoms with van der Waals surface area (Å²) in [5, 5.41) is 2.49. The molecule has 1 heterocycles. The van der Waals surface area contributed by atoms with E-state index in [1.165, 1.54) is 13.2 Å². The van der Waals surface area contributed by atoms with Crippen LogP contribution in [0.2, 0.25) is 0 Å². The molecule has 0 aliphatic heterocycles. The summed E-state index contributed by atoms with van der Waals surface area (Å²) in [6, 6.07) is 2.75. The van der Waals surface area contributed by atoms with Gasteiger partial charge in [-0.2, -0.15) is 0 Å². The van der Waals surface area contributed by atoms with Gasteiger partial charge >= 0.3 is 12.1 Å². The van der Waals surface area contributed by atoms with Crippen molar-refractivity contribution in [3.8, 4) is 11.3 Å². The van der Waals surface area contributed by atoms with Crippen LogP contribution in [0.1, 0.15) is 97.9 Å². The van der Waals surface area contributed by atoms with Gasteiger partial charge in [0.15, 0.2) is 0 Å². The number of furan rings is 1. The van der Waals surface area contributed by atoms with Crippen LogP contribution in [-0.2, 0) is 19.7 Å². The second kappa shape index (κ2) is 8.36. The van der Waals surface area contributed by atoms with E-state index in [2.05, 4.69) is 19.2 Å². The summed E-state index contributed by atoms with van der Waals surface area (Å²) in [6.45, 7) is 12.5. The van der Waals surface area contributed by atoms with Gasteiger partial charge in [0, 0.05) is 16.7 Å². The molecule has 2 aliphatic carbocycles. The Bertz CT molecular complexity index is 1240. The van der Waals surface area contributed by atoms with E-state index in [0.29, 0.717) is 35.3 Å². The maximum atomic E-state index is 13.4. The number of aryl methyl sites for hydroxylation is 1. The van der Waals surface area contributed by atoms with Crippen LogP contribution in [0.4, 0.5) is 4.79 Å². The zero-order valence-corrected chi connectivity index (χ0v) is 21.2. The van der Waals surface area contributed by atoms with Gasteiger partial charge in [-0.3, -0.25) is 9.59 Å². The van der Waals surface area contributed by atoms with Crippen molar-refractivity contribution in [2.75, 3.05) is 0 Å². The highest BCUT2D eigenvalue weighted by atomic mass is 16.6. The Morgan fingerprint density at radius 2 is 1.80 bits per heavy atom. The van der Waals surface area contributed by atoms with Crippen molar-refractivity contribution >= 4 is 23.6 Å². The van der Waals surface area contributed by atoms with E-state index >= 15 is 0 Å². The van der Waals surface area contributed by atoms with Gasteiger partial charge in [0.2, 0.25) is 11.6 Å². The molecule has 1 aromatic heterocycles. The lowest BCUT2D eigenvalue weighted by atomic mass is 9.68. The fourth-order valence-electron chi connectivity index (χ4n) is 4.80. The van der Waals surface area contributed by atoms with Gasteiger partial charge in [-0.25, -0.2) is 9.59 Å². The number of rotatable bonds is 3. The predicted octanol–water partition coefficient (Wildman–Crippen LogP) is 5.20. The fraction of sp³-hybridized carbons (Fsp3) is 0.481. The third kappa shape index (κ3) is 4.37. The molecule has 4 rings (SSSR count). The molecule has 0 spiro atoms. The monoisotopic (exact) mass is 481 g/mol. The van der Waals surface area contributed by atoms with Crippen LogP contribution in [-0.4, -0.2) is 35.3 Å². The second-order valence-electron chi connectivity index (χ2n) is 10.9. The van der Waals surface area contributed by atoms with Gasteiger partial charge in [0.25, 0.3) is 0 Å². The van der Waals surface area contributed by atoms with Crippen LogP contribution in [0.15, 0.2) is 22.8 Å². The molecular weight excluding hydrogens is 450 g/mol. The molecule has 0 fully saturated rings. The Kier molecular flexibility index (Phi) is 5.90. The van der Waals surface area contributed by atoms with Crippen molar-refractivity contribution in [2.24, 2.45) is 0 Å². The highest BCUT2D eigenvalue weighted by Gasteiger charge is 2.43. The van der Waals surface area contributed by atoms with Crippen molar-refractivity contribution in [3.05, 3.63) is 46.2 Å². The molecule has 1 unspecified atom stereocenters. The third-order valence-electron chi connectivity index (χ3n) is 6.55. The number of ketones is 2. The summed E-state index contributed by atoms with van der Waals surface area (Å²) in [5.74, 6) is -1.56. The second-order valence-corrected chi connectivity index (χ2v) is 10.9. The quantitative estimate of drug-likeness (QED) is 0.473. The summed E-state index contributed by atoms with van der Waals surface area (Å²) >= 11 is 0. The summed E-state index contributed by atoms with van der Waals surface area (Å²) < 4.78 is 16.7. The molecule has 8 nitrogen and oxygen atoms in total. The first-order valence-corrected chi connectivity index (χ1v) is 11.8. The average molecular weight is 482 g/mol. The number of esters is 1. The zero-order valence-electron chi connectivity index (χ0n) is 21.2. The molecule has 0 saturated heterocycles. The lowest BCUT2D eigenvalue weighted by Crippen LogP contribution is -2.43. The number of hydrogen-bond donors (Lipinski definition) is 1. The minimum absolute atomic E-state index is 0.229. The number of benzene rings is 1. The molecule has 0 radical (unpaired) electrons. The summed E-state index contributed by atoms with van der Waals surface area (Å²) in [5.41, 5.74) is 2.01. The standard InChI is InChI=1S/C27H31NO7/c1-13-12-33-23-15-8-9-16-20(19(15)22(30)21(29)18(13)23)17(10-11-27(16,6)7)34-24(31)14(2)28-25(32)35-26(3,4)5/h8-9,12,14,17H,10-11H2,1-7H3,(H,28,32)/t14-,17?/m0/s1. The molecule has 186 valence electrons. The number of alkyl carbamates (subject to hydrolysis) is 1. The summed E-state index contributed by atoms with van der Waals surface area (Å²) in [6.07, 6.45) is 1.16. The number of fused-ring (bicyclic) bond motifs is 5. The molecule has 2 atom stereocenters. The van der Waals surface area contributed by atoms with E-state index in [9.17, 15) is 19.2 Å². The molecule has 2 aliphatic rings. The molecule has 0 saturated carbocycles. The van der Waals surface area contributed by atoms with E-state index < -0.39 is 41.4 Å². The van der Waals surface area contributed by atoms with Crippen LogP contribution in [0, 0.1) is 6.92 Å². The normalized spacial score (nSPS) is 19.2. The molecule has 35 heavy (non-hydrogen) atoms. The van der Waals surface area contributed by atoms with Crippen molar-refractivity contribution in [3.63, 3.8) is 0 Å². The number of ether oxygens (including phenoxy) is 2. The maximum absolute atomic E-state index is 13.4. The van der Waals surface area contributed by atoms with Crippen LogP contribution in [0.3, 0.4) is 0 Å². The maximum Gasteiger partial charge on any atom is 0.408 e. The Morgan fingerprint density at radius 3 is 2.46 bits per heavy atom. The number of amides is 1. The van der Waals surface area contributed by atoms with Crippen LogP contribution >= 0.6 is 0 Å². The highest BCUT2D eigenvalue weighted by molar-refractivity contribution is 6.53. The Balaban J connectivity index is 1.71. The molecule has 1 aromatic carbocycles. The topological polar surface area (TPSA) is 112 Å². The molecular formula is C27H31NO7. The Hall–Kier alpha value is -3.42. The molecule has 2 aromatic rings. The van der Waals surface area contributed by atoms with Crippen LogP contribution < -0.4 is 5.32 Å². The number of nitrogens with one attached hydrogen (secondary N) is 1. The third-order valence-corrected chi connectivity index (χ3v) is 6.55. The smallest absolute Gasteiger partial charge is 0.408 e. The van der Waals surface area contributed by atoms with Crippen molar-refractivity contribution < 1.29 is 33.1 Å². The molecule has 1 N–H and O–H groups in total. The van der Waals surface area contributed by atoms with Gasteiger partial charge < -0.3 is 19.2 Å². The number of Topliss-reactive ketones (excluding diaryl/α,β-unsaturated/α-hetero) is 2. The molecule has 1 amide bonds. The molecule has 8 heteroatoms.